The topological polar surface area (TPSA) is 62.8 Å². The van der Waals surface area contributed by atoms with Gasteiger partial charge in [-0.15, -0.1) is 0 Å². The molecule has 0 saturated carbocycles. The number of fused-ring (bicyclic) bond motifs is 1. The zero-order chi connectivity index (χ0) is 10.3. The van der Waals surface area contributed by atoms with Crippen molar-refractivity contribution in [3.63, 3.8) is 0 Å². The number of nitrogens with zero attached hydrogens (tertiary/aromatic N) is 1. The summed E-state index contributed by atoms with van der Waals surface area (Å²) in [5, 5.41) is 0. The Labute approximate surface area is 83.1 Å². The van der Waals surface area contributed by atoms with Gasteiger partial charge in [-0.25, -0.2) is 17.8 Å². The highest BCUT2D eigenvalue weighted by atomic mass is 35.7. The fourth-order valence-electron chi connectivity index (χ4n) is 1.12. The van der Waals surface area contributed by atoms with E-state index in [1.165, 1.54) is 12.4 Å². The Morgan fingerprint density at radius 3 is 2.79 bits per heavy atom. The van der Waals surface area contributed by atoms with Crippen molar-refractivity contribution in [2.24, 2.45) is 0 Å². The van der Waals surface area contributed by atoms with Gasteiger partial charge in [0.05, 0.1) is 16.7 Å². The van der Waals surface area contributed by atoms with Gasteiger partial charge in [0.25, 0.3) is 9.05 Å². The highest BCUT2D eigenvalue weighted by molar-refractivity contribution is 8.13. The van der Waals surface area contributed by atoms with Crippen molar-refractivity contribution in [2.45, 2.75) is 4.90 Å². The molecule has 0 aliphatic heterocycles. The molecule has 0 aliphatic rings. The summed E-state index contributed by atoms with van der Waals surface area (Å²) in [7, 11) is 1.16. The Morgan fingerprint density at radius 1 is 1.43 bits per heavy atom. The van der Waals surface area contributed by atoms with Gasteiger partial charge in [-0.2, -0.15) is 0 Å². The molecule has 4 nitrogen and oxygen atoms in total. The molecule has 0 spiro atoms. The van der Waals surface area contributed by atoms with Crippen LogP contribution in [-0.4, -0.2) is 18.4 Å². The molecule has 0 saturated heterocycles. The van der Waals surface area contributed by atoms with E-state index in [9.17, 15) is 12.8 Å². The molecule has 74 valence electrons. The van der Waals surface area contributed by atoms with Gasteiger partial charge >= 0.3 is 0 Å². The van der Waals surface area contributed by atoms with Crippen LogP contribution >= 0.6 is 10.7 Å². The number of aromatic nitrogens is 2. The van der Waals surface area contributed by atoms with Crippen molar-refractivity contribution in [1.29, 1.82) is 0 Å². The van der Waals surface area contributed by atoms with Gasteiger partial charge < -0.3 is 4.98 Å². The van der Waals surface area contributed by atoms with Gasteiger partial charge in [-0.3, -0.25) is 0 Å². The van der Waals surface area contributed by atoms with Gasteiger partial charge in [0.15, 0.2) is 5.82 Å². The quantitative estimate of drug-likeness (QED) is 0.763. The number of aromatic amines is 1. The predicted molar refractivity (Wildman–Crippen MR) is 49.1 cm³/mol. The van der Waals surface area contributed by atoms with E-state index in [1.54, 1.807) is 0 Å². The zero-order valence-corrected chi connectivity index (χ0v) is 8.23. The highest BCUT2D eigenvalue weighted by Crippen LogP contribution is 2.22. The van der Waals surface area contributed by atoms with Gasteiger partial charge in [0.2, 0.25) is 0 Å². The molecule has 0 amide bonds. The van der Waals surface area contributed by atoms with Crippen LogP contribution in [0.25, 0.3) is 11.0 Å². The van der Waals surface area contributed by atoms with Crippen LogP contribution in [0.5, 0.6) is 0 Å². The van der Waals surface area contributed by atoms with E-state index in [-0.39, 0.29) is 10.4 Å². The lowest BCUT2D eigenvalue weighted by atomic mass is 10.3. The number of nitrogens with one attached hydrogen (secondary N) is 1. The summed E-state index contributed by atoms with van der Waals surface area (Å²) in [5.74, 6) is -0.719. The van der Waals surface area contributed by atoms with Crippen molar-refractivity contribution in [1.82, 2.24) is 9.97 Å². The third-order valence-corrected chi connectivity index (χ3v) is 3.07. The Kier molecular flexibility index (Phi) is 1.97. The van der Waals surface area contributed by atoms with E-state index in [0.717, 1.165) is 6.07 Å². The molecule has 0 radical (unpaired) electrons. The van der Waals surface area contributed by atoms with Crippen molar-refractivity contribution in [3.8, 4) is 0 Å². The maximum atomic E-state index is 13.2. The molecule has 0 aliphatic carbocycles. The second-order valence-corrected chi connectivity index (χ2v) is 5.21. The van der Waals surface area contributed by atoms with E-state index in [1.807, 2.05) is 0 Å². The summed E-state index contributed by atoms with van der Waals surface area (Å²) in [6.07, 6.45) is 1.28. The Morgan fingerprint density at radius 2 is 2.14 bits per heavy atom. The number of rotatable bonds is 1. The third kappa shape index (κ3) is 1.46. The number of halogens is 2. The normalized spacial score (nSPS) is 12.1. The third-order valence-electron chi connectivity index (χ3n) is 1.73. The molecule has 0 unspecified atom stereocenters. The van der Waals surface area contributed by atoms with Gasteiger partial charge in [-0.05, 0) is 12.1 Å². The van der Waals surface area contributed by atoms with Gasteiger partial charge in [-0.1, -0.05) is 0 Å². The van der Waals surface area contributed by atoms with Gasteiger partial charge in [0, 0.05) is 10.7 Å². The second-order valence-electron chi connectivity index (χ2n) is 2.64. The molecular formula is C7H4ClFN2O2S. The number of hydrogen-bond acceptors (Lipinski definition) is 3. The summed E-state index contributed by atoms with van der Waals surface area (Å²) in [4.78, 5) is 5.99. The molecule has 0 bridgehead atoms. The number of H-pyrrole nitrogens is 1. The average molecular weight is 235 g/mol. The Balaban J connectivity index is 2.83. The summed E-state index contributed by atoms with van der Waals surface area (Å²) in [5.41, 5.74) is 0.387. The summed E-state index contributed by atoms with van der Waals surface area (Å²) in [6, 6.07) is 2.07. The minimum absolute atomic E-state index is 0.0917. The number of benzene rings is 1. The second kappa shape index (κ2) is 2.93. The minimum Gasteiger partial charge on any atom is -0.344 e. The summed E-state index contributed by atoms with van der Waals surface area (Å²) in [6.45, 7) is 0. The number of imidazole rings is 1. The fourth-order valence-corrected chi connectivity index (χ4v) is 1.89. The Hall–Kier alpha value is -1.14. The molecule has 1 aromatic heterocycles. The molecule has 2 rings (SSSR count). The van der Waals surface area contributed by atoms with E-state index >= 15 is 0 Å². The first-order valence-electron chi connectivity index (χ1n) is 3.56. The summed E-state index contributed by atoms with van der Waals surface area (Å²) >= 11 is 0. The summed E-state index contributed by atoms with van der Waals surface area (Å²) < 4.78 is 35.0. The molecule has 0 atom stereocenters. The maximum Gasteiger partial charge on any atom is 0.261 e. The first-order chi connectivity index (χ1) is 6.48. The molecular weight excluding hydrogens is 231 g/mol. The lowest BCUT2D eigenvalue weighted by Crippen LogP contribution is -1.92. The van der Waals surface area contributed by atoms with E-state index in [0.29, 0.717) is 5.52 Å². The average Bonchev–Trinajstić information content (AvgIpc) is 2.50. The van der Waals surface area contributed by atoms with E-state index < -0.39 is 14.9 Å². The first-order valence-corrected chi connectivity index (χ1v) is 5.87. The van der Waals surface area contributed by atoms with Crippen LogP contribution in [0, 0.1) is 5.82 Å². The molecule has 7 heteroatoms. The van der Waals surface area contributed by atoms with Crippen molar-refractivity contribution < 1.29 is 12.8 Å². The van der Waals surface area contributed by atoms with Crippen LogP contribution < -0.4 is 0 Å². The van der Waals surface area contributed by atoms with E-state index in [2.05, 4.69) is 9.97 Å². The van der Waals surface area contributed by atoms with Crippen LogP contribution in [0.2, 0.25) is 0 Å². The smallest absolute Gasteiger partial charge is 0.261 e. The lowest BCUT2D eigenvalue weighted by molar-refractivity contribution is 0.605. The van der Waals surface area contributed by atoms with Crippen molar-refractivity contribution >= 4 is 30.8 Å². The van der Waals surface area contributed by atoms with Crippen LogP contribution in [-0.2, 0) is 9.05 Å². The number of hydrogen-bond donors (Lipinski definition) is 1. The Bertz CT molecular complexity index is 593. The zero-order valence-electron chi connectivity index (χ0n) is 6.66. The molecule has 2 aromatic rings. The molecule has 1 heterocycles. The van der Waals surface area contributed by atoms with Crippen LogP contribution in [0.1, 0.15) is 0 Å². The molecule has 1 N–H and O–H groups in total. The van der Waals surface area contributed by atoms with Crippen molar-refractivity contribution in [2.75, 3.05) is 0 Å². The first kappa shape index (κ1) is 9.42. The highest BCUT2D eigenvalue weighted by Gasteiger charge is 2.14. The predicted octanol–water partition coefficient (Wildman–Crippen LogP) is 1.63. The van der Waals surface area contributed by atoms with Crippen LogP contribution in [0.15, 0.2) is 23.4 Å². The monoisotopic (exact) mass is 234 g/mol. The fraction of sp³-hybridized carbons (Fsp3) is 0. The van der Waals surface area contributed by atoms with Crippen LogP contribution in [0.3, 0.4) is 0 Å². The lowest BCUT2D eigenvalue weighted by Gasteiger charge is -1.96. The molecule has 1 aromatic carbocycles. The van der Waals surface area contributed by atoms with Crippen molar-refractivity contribution in [3.05, 3.63) is 24.3 Å². The standard InChI is InChI=1S/C7H4ClFN2O2S/c8-14(12,13)4-1-5(9)7-6(2-4)10-3-11-7/h1-3H,(H,10,11). The SMILES string of the molecule is O=S(=O)(Cl)c1cc(F)c2nc[nH]c2c1. The van der Waals surface area contributed by atoms with Crippen LogP contribution in [0.4, 0.5) is 4.39 Å². The molecule has 14 heavy (non-hydrogen) atoms. The maximum absolute atomic E-state index is 13.2. The molecule has 0 fully saturated rings. The van der Waals surface area contributed by atoms with Gasteiger partial charge in [0.1, 0.15) is 5.52 Å². The largest absolute Gasteiger partial charge is 0.344 e. The minimum atomic E-state index is -3.91. The van der Waals surface area contributed by atoms with E-state index in [4.69, 9.17) is 10.7 Å².